The lowest BCUT2D eigenvalue weighted by Crippen LogP contribution is -2.46. The van der Waals surface area contributed by atoms with E-state index in [0.717, 1.165) is 57.8 Å². The third-order valence-corrected chi connectivity index (χ3v) is 10.1. The van der Waals surface area contributed by atoms with Crippen molar-refractivity contribution < 1.29 is 137 Å². The second-order valence-electron chi connectivity index (χ2n) is 17.3. The minimum Gasteiger partial charge on any atom is -0.481 e. The molecule has 0 aliphatic carbocycles. The van der Waals surface area contributed by atoms with Gasteiger partial charge in [-0.1, -0.05) is 78.6 Å². The number of amides is 8. The van der Waals surface area contributed by atoms with Crippen LogP contribution in [0.5, 0.6) is 0 Å². The lowest BCUT2D eigenvalue weighted by atomic mass is 10.1. The molecule has 0 aliphatic rings. The van der Waals surface area contributed by atoms with Gasteiger partial charge >= 0.3 is 96.5 Å². The van der Waals surface area contributed by atoms with Gasteiger partial charge < -0.3 is 89.1 Å². The van der Waals surface area contributed by atoms with Crippen molar-refractivity contribution in [1.82, 2.24) is 42.5 Å². The molecule has 0 aromatic heterocycles. The normalized spacial score (nSPS) is 10.4. The molecule has 0 bridgehead atoms. The number of carbonyl (C=O) groups excluding carboxylic acids is 12. The Morgan fingerprint density at radius 3 is 0.614 bits per heavy atom. The Hall–Kier alpha value is -9.68. The van der Waals surface area contributed by atoms with Crippen LogP contribution >= 0.6 is 0 Å². The van der Waals surface area contributed by atoms with Gasteiger partial charge in [0.2, 0.25) is 0 Å². The first-order chi connectivity index (χ1) is 41.5. The smallest absolute Gasteiger partial charge is 0.373 e. The van der Waals surface area contributed by atoms with Gasteiger partial charge in [0.1, 0.15) is 24.2 Å². The fourth-order valence-corrected chi connectivity index (χ4v) is 5.92. The Bertz CT molecular complexity index is 1800. The van der Waals surface area contributed by atoms with Crippen molar-refractivity contribution in [3.8, 4) is 0 Å². The second-order valence-corrected chi connectivity index (χ2v) is 17.3. The van der Waals surface area contributed by atoms with E-state index in [2.05, 4.69) is 42.5 Å². The molecule has 0 aromatic rings. The van der Waals surface area contributed by atoms with Crippen LogP contribution in [0.25, 0.3) is 0 Å². The summed E-state index contributed by atoms with van der Waals surface area (Å²) in [6.45, 7) is 7.33. The van der Waals surface area contributed by atoms with Crippen LogP contribution in [0.2, 0.25) is 0 Å². The van der Waals surface area contributed by atoms with Crippen LogP contribution in [0.4, 0.5) is 19.2 Å². The van der Waals surface area contributed by atoms with Gasteiger partial charge in [-0.3, -0.25) is 19.2 Å². The van der Waals surface area contributed by atoms with E-state index in [9.17, 15) is 57.5 Å². The molecule has 18 N–H and O–H groups in total. The number of nitrogens with one attached hydrogen (secondary N) is 8. The molecule has 0 rings (SSSR count). The molecule has 0 aromatic carbocycles. The van der Waals surface area contributed by atoms with Crippen molar-refractivity contribution in [2.24, 2.45) is 5.73 Å². The summed E-state index contributed by atoms with van der Waals surface area (Å²) in [5.41, 5.74) is 5.30. The summed E-state index contributed by atoms with van der Waals surface area (Å²) < 4.78 is 0. The Labute approximate surface area is 505 Å². The molecule has 0 radical (unpaired) electrons. The van der Waals surface area contributed by atoms with Crippen molar-refractivity contribution in [2.75, 3.05) is 32.7 Å². The van der Waals surface area contributed by atoms with Crippen molar-refractivity contribution in [3.63, 3.8) is 0 Å². The number of rotatable bonds is 40. The minimum atomic E-state index is -1.10. The molecule has 0 unspecified atom stereocenters. The van der Waals surface area contributed by atoms with Crippen molar-refractivity contribution in [2.45, 2.75) is 193 Å². The predicted octanol–water partition coefficient (Wildman–Crippen LogP) is 0.950. The average molecular weight is 1270 g/mol. The number of unbranched alkanes of at least 4 members (excludes halogenated alkanes) is 7. The van der Waals surface area contributed by atoms with E-state index in [1.54, 1.807) is 0 Å². The summed E-state index contributed by atoms with van der Waals surface area (Å²) >= 11 is 0. The third kappa shape index (κ3) is 87.6. The highest BCUT2D eigenvalue weighted by Crippen LogP contribution is 2.06. The lowest BCUT2D eigenvalue weighted by Gasteiger charge is -2.14. The summed E-state index contributed by atoms with van der Waals surface area (Å²) in [5.74, 6) is -7.99. The van der Waals surface area contributed by atoms with Crippen LogP contribution < -0.4 is 48.3 Å². The first-order valence-electron chi connectivity index (χ1n) is 27.2. The van der Waals surface area contributed by atoms with Gasteiger partial charge in [-0.2, -0.15) is 38.4 Å². The number of nitrogens with two attached hydrogens (primary N) is 1. The molecule has 504 valence electrons. The van der Waals surface area contributed by atoms with E-state index < -0.39 is 96.0 Å². The van der Waals surface area contributed by atoms with Crippen molar-refractivity contribution in [3.05, 3.63) is 0 Å². The maximum atomic E-state index is 11.4. The molecule has 0 saturated carbocycles. The summed E-state index contributed by atoms with van der Waals surface area (Å²) in [4.78, 5) is 195. The Morgan fingerprint density at radius 2 is 0.477 bits per heavy atom. The molecule has 88 heavy (non-hydrogen) atoms. The Balaban J connectivity index is -0.000000152. The van der Waals surface area contributed by atoms with Crippen LogP contribution in [0.3, 0.4) is 0 Å². The SMILES string of the molecule is CCCCC[C@@H](NC(=O)NCCCC(=O)O)C(=O)O.CCCCC[C@@H](NC(=O)NCCCC(=O)O)C(=O)O.CCCCC[C@H](NC(=O)NCCCC(=O)O)C(=O)O.NCCCC[C@H](NC(=O)NCCCC(=O)O)C(=O)O.O=C=O.O=C=O.O=C=O.O=C=O. The monoisotopic (exact) mass is 1270 g/mol. The van der Waals surface area contributed by atoms with E-state index in [1.807, 2.05) is 20.8 Å². The molecule has 0 spiro atoms. The molecule has 37 nitrogen and oxygen atoms in total. The molecule has 37 heteroatoms. The largest absolute Gasteiger partial charge is 0.481 e. The minimum absolute atomic E-state index is 0.0286. The number of carboxylic acids is 8. The molecule has 0 fully saturated rings. The molecule has 8 amide bonds. The lowest BCUT2D eigenvalue weighted by molar-refractivity contribution is -0.193. The first kappa shape index (κ1) is 94.7. The zero-order valence-corrected chi connectivity index (χ0v) is 49.4. The highest BCUT2D eigenvalue weighted by Gasteiger charge is 2.22. The number of aliphatic carboxylic acids is 8. The van der Waals surface area contributed by atoms with Crippen LogP contribution in [0, 0.1) is 0 Å². The standard InChI is InChI=1S/3C12H22N2O5.C11H21N3O5.4CO2/c3*1-2-3-4-6-9(11(17)18)14-12(19)13-8-5-7-10(15)16;12-6-2-1-4-8(10(17)18)14-11(19)13-7-3-5-9(15)16;4*2-1-3/h3*9H,2-8H2,1H3,(H,15,16)(H,17,18)(H2,13,14,19);8H,1-7,12H2,(H,15,16)(H,17,18)(H2,13,14,19);;;;/t3*9-;8-;;;;/m1100..../s1. The predicted molar refractivity (Wildman–Crippen MR) is 295 cm³/mol. The zero-order chi connectivity index (χ0) is 69.5. The van der Waals surface area contributed by atoms with Gasteiger partial charge in [0.15, 0.2) is 0 Å². The van der Waals surface area contributed by atoms with E-state index >= 15 is 0 Å². The number of hydrogen-bond acceptors (Lipinski definition) is 21. The fourth-order valence-electron chi connectivity index (χ4n) is 5.92. The summed E-state index contributed by atoms with van der Waals surface area (Å²) in [7, 11) is 0. The topological polar surface area (TPSA) is 626 Å². The second kappa shape index (κ2) is 73.4. The van der Waals surface area contributed by atoms with E-state index in [-0.39, 0.29) is 76.5 Å². The van der Waals surface area contributed by atoms with E-state index in [4.69, 9.17) is 84.9 Å². The van der Waals surface area contributed by atoms with Crippen molar-refractivity contribution in [1.29, 1.82) is 0 Å². The summed E-state index contributed by atoms with van der Waals surface area (Å²) in [6, 6.07) is -5.97. The first-order valence-corrected chi connectivity index (χ1v) is 27.2. The molecular formula is C51H87N9O28. The highest BCUT2D eigenvalue weighted by molar-refractivity contribution is 5.84. The molecule has 0 aliphatic heterocycles. The van der Waals surface area contributed by atoms with Crippen LogP contribution in [-0.2, 0) is 76.7 Å². The van der Waals surface area contributed by atoms with Gasteiger partial charge in [-0.25, -0.2) is 38.4 Å². The fraction of sp³-hybridized carbons (Fsp3) is 0.686. The summed E-state index contributed by atoms with van der Waals surface area (Å²) in [6.07, 6.45) is 12.9. The third-order valence-electron chi connectivity index (χ3n) is 10.1. The van der Waals surface area contributed by atoms with Crippen molar-refractivity contribution >= 4 is 96.5 Å². The van der Waals surface area contributed by atoms with Gasteiger partial charge in [0.25, 0.3) is 0 Å². The number of carbonyl (C=O) groups is 12. The Kier molecular flexibility index (Phi) is 79.0. The molecular weight excluding hydrogens is 1190 g/mol. The quantitative estimate of drug-likeness (QED) is 0.0380. The van der Waals surface area contributed by atoms with E-state index in [1.165, 1.54) is 0 Å². The van der Waals surface area contributed by atoms with Gasteiger partial charge in [0, 0.05) is 51.9 Å². The maximum Gasteiger partial charge on any atom is 0.373 e. The molecule has 0 heterocycles. The van der Waals surface area contributed by atoms with Crippen LogP contribution in [0.15, 0.2) is 0 Å². The highest BCUT2D eigenvalue weighted by atomic mass is 16.4. The molecule has 4 atom stereocenters. The van der Waals surface area contributed by atoms with Gasteiger partial charge in [-0.05, 0) is 70.8 Å². The number of urea groups is 4. The maximum absolute atomic E-state index is 11.4. The van der Waals surface area contributed by atoms with Gasteiger partial charge in [-0.15, -0.1) is 0 Å². The van der Waals surface area contributed by atoms with Crippen LogP contribution in [-0.4, -0.2) is 194 Å². The average Bonchev–Trinajstić information content (AvgIpc) is 3.43. The zero-order valence-electron chi connectivity index (χ0n) is 49.4. The van der Waals surface area contributed by atoms with Gasteiger partial charge in [0.05, 0.1) is 0 Å². The summed E-state index contributed by atoms with van der Waals surface area (Å²) in [5, 5.41) is 88.5. The number of carboxylic acid groups (broad SMARTS) is 8. The Morgan fingerprint density at radius 1 is 0.307 bits per heavy atom. The number of hydrogen-bond donors (Lipinski definition) is 17. The van der Waals surface area contributed by atoms with E-state index in [0.29, 0.717) is 70.8 Å². The van der Waals surface area contributed by atoms with Crippen LogP contribution in [0.1, 0.15) is 168 Å². The molecule has 0 saturated heterocycles.